The lowest BCUT2D eigenvalue weighted by Gasteiger charge is -2.32. The Balaban J connectivity index is 1.48. The maximum absolute atomic E-state index is 12.8. The second kappa shape index (κ2) is 8.73. The van der Waals surface area contributed by atoms with Crippen molar-refractivity contribution < 1.29 is 14.3 Å². The Morgan fingerprint density at radius 3 is 2.54 bits per heavy atom. The van der Waals surface area contributed by atoms with Crippen molar-refractivity contribution in [1.29, 1.82) is 0 Å². The molecule has 2 aromatic rings. The number of likely N-dealkylation sites (tertiary alicyclic amines) is 1. The first-order chi connectivity index (χ1) is 13.3. The molecule has 1 saturated heterocycles. The van der Waals surface area contributed by atoms with Crippen LogP contribution >= 0.6 is 11.3 Å². The molecule has 2 heterocycles. The van der Waals surface area contributed by atoms with Gasteiger partial charge in [-0.05, 0) is 39.5 Å². The third-order valence-electron chi connectivity index (χ3n) is 4.57. The molecule has 2 amide bonds. The van der Waals surface area contributed by atoms with Crippen LogP contribution in [0, 0.1) is 5.92 Å². The summed E-state index contributed by atoms with van der Waals surface area (Å²) >= 11 is 1.43. The van der Waals surface area contributed by atoms with E-state index in [1.165, 1.54) is 11.3 Å². The van der Waals surface area contributed by atoms with Crippen molar-refractivity contribution in [3.63, 3.8) is 0 Å². The number of ether oxygens (including phenoxy) is 1. The summed E-state index contributed by atoms with van der Waals surface area (Å²) in [5.41, 5.74) is 0.534. The minimum absolute atomic E-state index is 0.0400. The van der Waals surface area contributed by atoms with Crippen LogP contribution in [0.4, 0.5) is 4.79 Å². The van der Waals surface area contributed by atoms with E-state index in [9.17, 15) is 9.59 Å². The van der Waals surface area contributed by atoms with Crippen LogP contribution in [0.3, 0.4) is 0 Å². The van der Waals surface area contributed by atoms with Gasteiger partial charge in [0.25, 0.3) is 5.91 Å². The fourth-order valence-corrected chi connectivity index (χ4v) is 4.01. The number of thiazole rings is 1. The van der Waals surface area contributed by atoms with E-state index in [1.807, 2.05) is 56.0 Å². The number of alkyl carbamates (subject to hydrolysis) is 1. The first-order valence-corrected chi connectivity index (χ1v) is 10.4. The van der Waals surface area contributed by atoms with Crippen LogP contribution in [0.25, 0.3) is 10.6 Å². The number of carbonyl (C=O) groups is 2. The molecule has 6 nitrogen and oxygen atoms in total. The van der Waals surface area contributed by atoms with Gasteiger partial charge in [0.15, 0.2) is 0 Å². The Labute approximate surface area is 169 Å². The Hall–Kier alpha value is -2.41. The Bertz CT molecular complexity index is 806. The standard InChI is InChI=1S/C21H27N3O3S/c1-21(2,3)27-20(26)23-13-15-9-11-24(12-10-15)19(25)17-14-22-18(28-17)16-7-5-4-6-8-16/h4-8,14-15H,9-13H2,1-3H3,(H,23,26). The van der Waals surface area contributed by atoms with Crippen LogP contribution in [0.1, 0.15) is 43.3 Å². The summed E-state index contributed by atoms with van der Waals surface area (Å²) < 4.78 is 5.26. The molecule has 0 saturated carbocycles. The Morgan fingerprint density at radius 2 is 1.89 bits per heavy atom. The van der Waals surface area contributed by atoms with Gasteiger partial charge in [0.2, 0.25) is 0 Å². The van der Waals surface area contributed by atoms with E-state index >= 15 is 0 Å². The summed E-state index contributed by atoms with van der Waals surface area (Å²) in [5, 5.41) is 3.70. The van der Waals surface area contributed by atoms with Crippen LogP contribution in [0.5, 0.6) is 0 Å². The van der Waals surface area contributed by atoms with Crippen molar-refractivity contribution in [2.24, 2.45) is 5.92 Å². The monoisotopic (exact) mass is 401 g/mol. The largest absolute Gasteiger partial charge is 0.444 e. The molecular formula is C21H27N3O3S. The second-order valence-corrected chi connectivity index (χ2v) is 9.04. The van der Waals surface area contributed by atoms with E-state index < -0.39 is 5.60 Å². The molecule has 3 rings (SSSR count). The predicted molar refractivity (Wildman–Crippen MR) is 110 cm³/mol. The average molecular weight is 402 g/mol. The number of nitrogens with one attached hydrogen (secondary N) is 1. The zero-order valence-electron chi connectivity index (χ0n) is 16.6. The van der Waals surface area contributed by atoms with Crippen molar-refractivity contribution >= 4 is 23.3 Å². The van der Waals surface area contributed by atoms with Gasteiger partial charge in [-0.25, -0.2) is 9.78 Å². The van der Waals surface area contributed by atoms with Crippen molar-refractivity contribution in [1.82, 2.24) is 15.2 Å². The zero-order valence-corrected chi connectivity index (χ0v) is 17.4. The summed E-state index contributed by atoms with van der Waals surface area (Å²) in [6.07, 6.45) is 3.02. The molecule has 0 atom stereocenters. The lowest BCUT2D eigenvalue weighted by Crippen LogP contribution is -2.42. The topological polar surface area (TPSA) is 71.5 Å². The van der Waals surface area contributed by atoms with Crippen LogP contribution in [0.15, 0.2) is 36.5 Å². The Kier molecular flexibility index (Phi) is 6.34. The van der Waals surface area contributed by atoms with Gasteiger partial charge in [0.05, 0.1) is 6.20 Å². The molecule has 7 heteroatoms. The number of amides is 2. The number of aromatic nitrogens is 1. The lowest BCUT2D eigenvalue weighted by molar-refractivity contribution is 0.0500. The fourth-order valence-electron chi connectivity index (χ4n) is 3.13. The van der Waals surface area contributed by atoms with Crippen LogP contribution in [-0.4, -0.2) is 47.1 Å². The van der Waals surface area contributed by atoms with E-state index in [0.717, 1.165) is 23.4 Å². The SMILES string of the molecule is CC(C)(C)OC(=O)NCC1CCN(C(=O)c2cnc(-c3ccccc3)s2)CC1. The summed E-state index contributed by atoms with van der Waals surface area (Å²) in [7, 11) is 0. The lowest BCUT2D eigenvalue weighted by atomic mass is 9.97. The molecule has 0 aliphatic carbocycles. The Morgan fingerprint density at radius 1 is 1.21 bits per heavy atom. The molecule has 1 aliphatic rings. The quantitative estimate of drug-likeness (QED) is 0.834. The molecular weight excluding hydrogens is 374 g/mol. The normalized spacial score (nSPS) is 15.3. The third kappa shape index (κ3) is 5.55. The number of carbonyl (C=O) groups excluding carboxylic acids is 2. The molecule has 0 bridgehead atoms. The highest BCUT2D eigenvalue weighted by Crippen LogP contribution is 2.27. The van der Waals surface area contributed by atoms with E-state index in [2.05, 4.69) is 10.3 Å². The molecule has 0 unspecified atom stereocenters. The van der Waals surface area contributed by atoms with Crippen LogP contribution in [0.2, 0.25) is 0 Å². The number of piperidine rings is 1. The first-order valence-electron chi connectivity index (χ1n) is 9.59. The summed E-state index contributed by atoms with van der Waals surface area (Å²) in [5.74, 6) is 0.399. The summed E-state index contributed by atoms with van der Waals surface area (Å²) in [4.78, 5) is 31.5. The maximum Gasteiger partial charge on any atom is 0.407 e. The molecule has 28 heavy (non-hydrogen) atoms. The van der Waals surface area contributed by atoms with Crippen molar-refractivity contribution in [3.05, 3.63) is 41.4 Å². The number of nitrogens with zero attached hydrogens (tertiary/aromatic N) is 2. The molecule has 0 radical (unpaired) electrons. The van der Waals surface area contributed by atoms with Crippen molar-refractivity contribution in [3.8, 4) is 10.6 Å². The number of rotatable bonds is 4. The number of hydrogen-bond acceptors (Lipinski definition) is 5. The minimum atomic E-state index is -0.493. The van der Waals surface area contributed by atoms with E-state index in [1.54, 1.807) is 6.20 Å². The van der Waals surface area contributed by atoms with Gasteiger partial charge in [0.1, 0.15) is 15.5 Å². The highest BCUT2D eigenvalue weighted by Gasteiger charge is 2.26. The van der Waals surface area contributed by atoms with E-state index in [4.69, 9.17) is 4.74 Å². The minimum Gasteiger partial charge on any atom is -0.444 e. The smallest absolute Gasteiger partial charge is 0.407 e. The van der Waals surface area contributed by atoms with Gasteiger partial charge in [-0.2, -0.15) is 0 Å². The van der Waals surface area contributed by atoms with Crippen LogP contribution < -0.4 is 5.32 Å². The van der Waals surface area contributed by atoms with Crippen molar-refractivity contribution in [2.45, 2.75) is 39.2 Å². The molecule has 1 aromatic heterocycles. The van der Waals surface area contributed by atoms with E-state index in [0.29, 0.717) is 30.4 Å². The van der Waals surface area contributed by atoms with Crippen LogP contribution in [-0.2, 0) is 4.74 Å². The number of benzene rings is 1. The molecule has 1 aromatic carbocycles. The van der Waals surface area contributed by atoms with Gasteiger partial charge in [0, 0.05) is 25.2 Å². The highest BCUT2D eigenvalue weighted by molar-refractivity contribution is 7.16. The van der Waals surface area contributed by atoms with Gasteiger partial charge in [-0.3, -0.25) is 4.79 Å². The van der Waals surface area contributed by atoms with Gasteiger partial charge < -0.3 is 15.0 Å². The fraction of sp³-hybridized carbons (Fsp3) is 0.476. The molecule has 0 spiro atoms. The number of hydrogen-bond donors (Lipinski definition) is 1. The zero-order chi connectivity index (χ0) is 20.1. The average Bonchev–Trinajstić information content (AvgIpc) is 3.16. The summed E-state index contributed by atoms with van der Waals surface area (Å²) in [6, 6.07) is 9.89. The van der Waals surface area contributed by atoms with Gasteiger partial charge in [-0.15, -0.1) is 11.3 Å². The van der Waals surface area contributed by atoms with Gasteiger partial charge in [-0.1, -0.05) is 30.3 Å². The van der Waals surface area contributed by atoms with Crippen molar-refractivity contribution in [2.75, 3.05) is 19.6 Å². The first kappa shape index (κ1) is 20.3. The molecule has 1 N–H and O–H groups in total. The van der Waals surface area contributed by atoms with E-state index in [-0.39, 0.29) is 12.0 Å². The van der Waals surface area contributed by atoms with Gasteiger partial charge >= 0.3 is 6.09 Å². The third-order valence-corrected chi connectivity index (χ3v) is 5.61. The summed E-state index contributed by atoms with van der Waals surface area (Å²) in [6.45, 7) is 7.50. The molecule has 1 aliphatic heterocycles. The maximum atomic E-state index is 12.8. The second-order valence-electron chi connectivity index (χ2n) is 8.01. The predicted octanol–water partition coefficient (Wildman–Crippen LogP) is 4.19. The molecule has 1 fully saturated rings. The highest BCUT2D eigenvalue weighted by atomic mass is 32.1. The molecule has 150 valence electrons.